The molecule has 0 atom stereocenters. The molecular weight excluding hydrogens is 359 g/mol. The highest BCUT2D eigenvalue weighted by Crippen LogP contribution is 2.27. The van der Waals surface area contributed by atoms with Crippen molar-refractivity contribution >= 4 is 41.1 Å². The summed E-state index contributed by atoms with van der Waals surface area (Å²) in [6, 6.07) is 10.3. The van der Waals surface area contributed by atoms with E-state index in [9.17, 15) is 14.9 Å². The van der Waals surface area contributed by atoms with Crippen molar-refractivity contribution in [3.63, 3.8) is 0 Å². The van der Waals surface area contributed by atoms with Crippen molar-refractivity contribution < 1.29 is 19.3 Å². The third kappa shape index (κ3) is 5.22. The lowest BCUT2D eigenvalue weighted by Gasteiger charge is -2.06. The van der Waals surface area contributed by atoms with Gasteiger partial charge >= 0.3 is 5.97 Å². The Morgan fingerprint density at radius 1 is 1.25 bits per heavy atom. The smallest absolute Gasteiger partial charge is 0.372 e. The topological polar surface area (TPSA) is 91.0 Å². The molecule has 7 nitrogen and oxygen atoms in total. The average molecular weight is 369 g/mol. The zero-order valence-corrected chi connectivity index (χ0v) is 13.5. The van der Waals surface area contributed by atoms with Crippen molar-refractivity contribution in [1.82, 2.24) is 0 Å². The highest BCUT2D eigenvalue weighted by Gasteiger charge is 2.08. The van der Waals surface area contributed by atoms with Crippen LogP contribution in [0, 0.1) is 10.1 Å². The van der Waals surface area contributed by atoms with Gasteiger partial charge in [0, 0.05) is 22.7 Å². The first kappa shape index (κ1) is 17.7. The number of hydrogen-bond donors (Lipinski definition) is 0. The lowest BCUT2D eigenvalue weighted by molar-refractivity contribution is -0.384. The number of nitro benzene ring substituents is 1. The summed E-state index contributed by atoms with van der Waals surface area (Å²) in [5, 5.41) is 14.8. The molecule has 0 saturated carbocycles. The number of carbonyl (C=O) groups excluding carboxylic acids is 1. The van der Waals surface area contributed by atoms with Crippen LogP contribution in [0.2, 0.25) is 10.0 Å². The summed E-state index contributed by atoms with van der Waals surface area (Å²) in [5.74, 6) is -0.483. The number of nitrogens with zero attached hydrogens (tertiary/aromatic N) is 2. The zero-order chi connectivity index (χ0) is 17.5. The van der Waals surface area contributed by atoms with Crippen LogP contribution in [0.25, 0.3) is 0 Å². The minimum Gasteiger partial charge on any atom is -0.480 e. The molecule has 124 valence electrons. The quantitative estimate of drug-likeness (QED) is 0.334. The third-order valence-corrected chi connectivity index (χ3v) is 3.21. The van der Waals surface area contributed by atoms with E-state index in [0.717, 1.165) is 0 Å². The van der Waals surface area contributed by atoms with Crippen LogP contribution in [-0.2, 0) is 9.63 Å². The van der Waals surface area contributed by atoms with E-state index in [-0.39, 0.29) is 16.5 Å². The lowest BCUT2D eigenvalue weighted by Crippen LogP contribution is -2.12. The summed E-state index contributed by atoms with van der Waals surface area (Å²) in [6.45, 7) is -0.409. The van der Waals surface area contributed by atoms with Gasteiger partial charge in [-0.05, 0) is 18.2 Å². The number of non-ortho nitro benzene ring substituents is 1. The van der Waals surface area contributed by atoms with E-state index in [2.05, 4.69) is 9.99 Å². The van der Waals surface area contributed by atoms with Crippen LogP contribution < -0.4 is 4.74 Å². The maximum Gasteiger partial charge on any atom is 0.372 e. The molecule has 0 spiro atoms. The normalized spacial score (nSPS) is 10.6. The van der Waals surface area contributed by atoms with Gasteiger partial charge in [-0.15, -0.1) is 0 Å². The molecule has 0 aromatic heterocycles. The van der Waals surface area contributed by atoms with Gasteiger partial charge < -0.3 is 9.57 Å². The Hall–Kier alpha value is -2.64. The van der Waals surface area contributed by atoms with Crippen LogP contribution in [0.15, 0.2) is 47.6 Å². The molecule has 0 fully saturated rings. The molecule has 0 aliphatic heterocycles. The number of rotatable bonds is 6. The molecule has 24 heavy (non-hydrogen) atoms. The molecule has 0 unspecified atom stereocenters. The minimum atomic E-state index is -0.761. The van der Waals surface area contributed by atoms with Crippen molar-refractivity contribution in [2.75, 3.05) is 6.61 Å². The summed E-state index contributed by atoms with van der Waals surface area (Å²) < 4.78 is 5.18. The fourth-order valence-electron chi connectivity index (χ4n) is 1.62. The maximum absolute atomic E-state index is 11.5. The van der Waals surface area contributed by atoms with Gasteiger partial charge in [0.25, 0.3) is 5.69 Å². The predicted octanol–water partition coefficient (Wildman–Crippen LogP) is 3.86. The summed E-state index contributed by atoms with van der Waals surface area (Å²) in [5.41, 5.74) is 0.324. The first-order valence-corrected chi connectivity index (χ1v) is 7.27. The second-order valence-corrected chi connectivity index (χ2v) is 5.26. The van der Waals surface area contributed by atoms with Gasteiger partial charge in [0.1, 0.15) is 5.75 Å². The second kappa shape index (κ2) is 8.28. The molecular formula is C15H10Cl2N2O5. The van der Waals surface area contributed by atoms with Crippen LogP contribution >= 0.6 is 23.2 Å². The largest absolute Gasteiger partial charge is 0.480 e. The second-order valence-electron chi connectivity index (χ2n) is 4.41. The Labute approximate surface area is 146 Å². The monoisotopic (exact) mass is 368 g/mol. The average Bonchev–Trinajstić information content (AvgIpc) is 2.54. The van der Waals surface area contributed by atoms with Crippen molar-refractivity contribution in [2.45, 2.75) is 0 Å². The minimum absolute atomic E-state index is 0.0917. The molecule has 0 aliphatic carbocycles. The summed E-state index contributed by atoms with van der Waals surface area (Å²) >= 11 is 11.6. The van der Waals surface area contributed by atoms with Crippen molar-refractivity contribution in [2.24, 2.45) is 5.16 Å². The number of halogens is 2. The van der Waals surface area contributed by atoms with Gasteiger partial charge in [0.15, 0.2) is 6.61 Å². The molecule has 0 N–H and O–H groups in total. The van der Waals surface area contributed by atoms with Gasteiger partial charge in [-0.25, -0.2) is 4.79 Å². The first-order chi connectivity index (χ1) is 11.5. The molecule has 0 heterocycles. The van der Waals surface area contributed by atoms with E-state index in [0.29, 0.717) is 10.6 Å². The van der Waals surface area contributed by atoms with E-state index in [1.54, 1.807) is 12.1 Å². The Bertz CT molecular complexity index is 795. The zero-order valence-electron chi connectivity index (χ0n) is 12.0. The van der Waals surface area contributed by atoms with Gasteiger partial charge in [-0.1, -0.05) is 40.5 Å². The van der Waals surface area contributed by atoms with E-state index < -0.39 is 17.5 Å². The number of nitro groups is 1. The highest BCUT2D eigenvalue weighted by atomic mass is 35.5. The summed E-state index contributed by atoms with van der Waals surface area (Å²) in [7, 11) is 0. The molecule has 0 saturated heterocycles. The standard InChI is InChI=1S/C15H10Cl2N2O5/c16-11-4-5-14(13(17)7-11)23-9-15(20)24-18-8-10-2-1-3-12(6-10)19(21)22/h1-8H,9H2. The Morgan fingerprint density at radius 3 is 2.75 bits per heavy atom. The number of oxime groups is 1. The number of carbonyl (C=O) groups is 1. The molecule has 0 radical (unpaired) electrons. The van der Waals surface area contributed by atoms with E-state index in [1.807, 2.05) is 0 Å². The maximum atomic E-state index is 11.5. The molecule has 9 heteroatoms. The Balaban J connectivity index is 1.86. The predicted molar refractivity (Wildman–Crippen MR) is 88.7 cm³/mol. The van der Waals surface area contributed by atoms with Gasteiger partial charge in [0.05, 0.1) is 16.2 Å². The SMILES string of the molecule is O=C(COc1ccc(Cl)cc1Cl)ON=Cc1cccc([N+](=O)[O-])c1. The molecule has 0 aliphatic rings. The van der Waals surface area contributed by atoms with Crippen LogP contribution in [0.4, 0.5) is 5.69 Å². The molecule has 0 amide bonds. The van der Waals surface area contributed by atoms with Crippen LogP contribution in [0.3, 0.4) is 0 Å². The van der Waals surface area contributed by atoms with Crippen molar-refractivity contribution in [3.8, 4) is 5.75 Å². The van der Waals surface area contributed by atoms with Gasteiger partial charge in [-0.3, -0.25) is 10.1 Å². The van der Waals surface area contributed by atoms with Crippen molar-refractivity contribution in [1.29, 1.82) is 0 Å². The van der Waals surface area contributed by atoms with Crippen LogP contribution in [-0.4, -0.2) is 23.7 Å². The lowest BCUT2D eigenvalue weighted by atomic mass is 10.2. The fourth-order valence-corrected chi connectivity index (χ4v) is 2.08. The third-order valence-electron chi connectivity index (χ3n) is 2.68. The molecule has 0 bridgehead atoms. The van der Waals surface area contributed by atoms with Crippen molar-refractivity contribution in [3.05, 3.63) is 68.2 Å². The summed E-state index contributed by atoms with van der Waals surface area (Å²) in [4.78, 5) is 26.2. The Kier molecular flexibility index (Phi) is 6.11. The first-order valence-electron chi connectivity index (χ1n) is 6.51. The summed E-state index contributed by atoms with van der Waals surface area (Å²) in [6.07, 6.45) is 1.18. The van der Waals surface area contributed by atoms with Gasteiger partial charge in [-0.2, -0.15) is 0 Å². The molecule has 2 aromatic carbocycles. The molecule has 2 aromatic rings. The van der Waals surface area contributed by atoms with Crippen LogP contribution in [0.5, 0.6) is 5.75 Å². The number of ether oxygens (including phenoxy) is 1. The number of hydrogen-bond acceptors (Lipinski definition) is 6. The van der Waals surface area contributed by atoms with E-state index in [4.69, 9.17) is 27.9 Å². The van der Waals surface area contributed by atoms with Crippen LogP contribution in [0.1, 0.15) is 5.56 Å². The fraction of sp³-hybridized carbons (Fsp3) is 0.0667. The van der Waals surface area contributed by atoms with Gasteiger partial charge in [0.2, 0.25) is 0 Å². The number of benzene rings is 2. The van der Waals surface area contributed by atoms with E-state index in [1.165, 1.54) is 36.5 Å². The molecule has 2 rings (SSSR count). The Morgan fingerprint density at radius 2 is 2.04 bits per heavy atom. The van der Waals surface area contributed by atoms with E-state index >= 15 is 0 Å². The highest BCUT2D eigenvalue weighted by molar-refractivity contribution is 6.35.